The SMILES string of the molecule is N#Cc1ccc([C@H](O)CN2CCN(c3ccc(OCCO)cc3Cl)[C@H](c3ccc(C(N)=O)cc3)C2)cc1. The van der Waals surface area contributed by atoms with E-state index < -0.39 is 12.0 Å². The highest BCUT2D eigenvalue weighted by Crippen LogP contribution is 2.37. The molecule has 37 heavy (non-hydrogen) atoms. The van der Waals surface area contributed by atoms with Crippen LogP contribution in [0.4, 0.5) is 5.69 Å². The summed E-state index contributed by atoms with van der Waals surface area (Å²) in [6.07, 6.45) is -0.705. The largest absolute Gasteiger partial charge is 0.491 e. The maximum absolute atomic E-state index is 11.6. The van der Waals surface area contributed by atoms with Crippen LogP contribution in [0.2, 0.25) is 5.02 Å². The van der Waals surface area contributed by atoms with Crippen molar-refractivity contribution in [3.8, 4) is 11.8 Å². The van der Waals surface area contributed by atoms with Crippen LogP contribution >= 0.6 is 11.6 Å². The zero-order chi connectivity index (χ0) is 26.4. The number of piperazine rings is 1. The summed E-state index contributed by atoms with van der Waals surface area (Å²) in [5.41, 5.74) is 9.00. The lowest BCUT2D eigenvalue weighted by atomic mass is 9.99. The number of anilines is 1. The van der Waals surface area contributed by atoms with E-state index in [4.69, 9.17) is 32.4 Å². The predicted octanol–water partition coefficient (Wildman–Crippen LogP) is 3.28. The fourth-order valence-electron chi connectivity index (χ4n) is 4.55. The molecule has 8 nitrogen and oxygen atoms in total. The number of β-amino-alcohol motifs (C(OH)–C–C–N with tert-alkyl or cyclic N) is 1. The van der Waals surface area contributed by atoms with Gasteiger partial charge in [-0.3, -0.25) is 9.69 Å². The van der Waals surface area contributed by atoms with E-state index in [9.17, 15) is 9.90 Å². The molecule has 1 heterocycles. The number of rotatable bonds is 9. The Morgan fingerprint density at radius 2 is 1.86 bits per heavy atom. The smallest absolute Gasteiger partial charge is 0.248 e. The van der Waals surface area contributed by atoms with Crippen molar-refractivity contribution in [2.75, 3.05) is 44.3 Å². The highest BCUT2D eigenvalue weighted by atomic mass is 35.5. The maximum atomic E-state index is 11.6. The molecule has 0 bridgehead atoms. The number of ether oxygens (including phenoxy) is 1. The monoisotopic (exact) mass is 520 g/mol. The van der Waals surface area contributed by atoms with Crippen LogP contribution in [0.3, 0.4) is 0 Å². The van der Waals surface area contributed by atoms with E-state index in [1.807, 2.05) is 24.3 Å². The summed E-state index contributed by atoms with van der Waals surface area (Å²) in [6.45, 7) is 2.49. The Morgan fingerprint density at radius 1 is 1.14 bits per heavy atom. The number of primary amides is 1. The number of hydrogen-bond acceptors (Lipinski definition) is 7. The Balaban J connectivity index is 1.58. The van der Waals surface area contributed by atoms with Crippen molar-refractivity contribution in [2.24, 2.45) is 5.73 Å². The third-order valence-electron chi connectivity index (χ3n) is 6.49. The second-order valence-electron chi connectivity index (χ2n) is 8.89. The number of aliphatic hydroxyl groups is 2. The molecule has 2 atom stereocenters. The van der Waals surface area contributed by atoms with E-state index in [-0.39, 0.29) is 19.3 Å². The first-order valence-electron chi connectivity index (χ1n) is 12.0. The van der Waals surface area contributed by atoms with Gasteiger partial charge >= 0.3 is 0 Å². The molecule has 3 aromatic rings. The van der Waals surface area contributed by atoms with Crippen LogP contribution in [0.5, 0.6) is 5.75 Å². The van der Waals surface area contributed by atoms with Crippen LogP contribution in [0.25, 0.3) is 0 Å². The van der Waals surface area contributed by atoms with Crippen molar-refractivity contribution >= 4 is 23.2 Å². The van der Waals surface area contributed by atoms with Gasteiger partial charge in [0.2, 0.25) is 5.91 Å². The lowest BCUT2D eigenvalue weighted by molar-refractivity contribution is 0.0995. The third kappa shape index (κ3) is 6.40. The Bertz CT molecular complexity index is 1260. The number of nitrogens with zero attached hydrogens (tertiary/aromatic N) is 3. The summed E-state index contributed by atoms with van der Waals surface area (Å²) in [7, 11) is 0. The second-order valence-corrected chi connectivity index (χ2v) is 9.30. The van der Waals surface area contributed by atoms with Gasteiger partial charge in [0, 0.05) is 37.8 Å². The Labute approximate surface area is 221 Å². The highest BCUT2D eigenvalue weighted by Gasteiger charge is 2.31. The van der Waals surface area contributed by atoms with Gasteiger partial charge in [-0.2, -0.15) is 5.26 Å². The first kappa shape index (κ1) is 26.5. The van der Waals surface area contributed by atoms with Gasteiger partial charge in [-0.15, -0.1) is 0 Å². The molecular weight excluding hydrogens is 492 g/mol. The van der Waals surface area contributed by atoms with Gasteiger partial charge < -0.3 is 25.6 Å². The lowest BCUT2D eigenvalue weighted by Gasteiger charge is -2.44. The molecule has 0 saturated carbocycles. The maximum Gasteiger partial charge on any atom is 0.248 e. The molecule has 3 aromatic carbocycles. The fraction of sp³-hybridized carbons (Fsp3) is 0.286. The molecular formula is C28H29ClN4O4. The minimum Gasteiger partial charge on any atom is -0.491 e. The average molecular weight is 521 g/mol. The van der Waals surface area contributed by atoms with E-state index in [1.165, 1.54) is 0 Å². The molecule has 0 unspecified atom stereocenters. The summed E-state index contributed by atoms with van der Waals surface area (Å²) >= 11 is 6.66. The molecule has 4 N–H and O–H groups in total. The molecule has 0 radical (unpaired) electrons. The normalized spacial score (nSPS) is 16.7. The van der Waals surface area contributed by atoms with Crippen LogP contribution < -0.4 is 15.4 Å². The van der Waals surface area contributed by atoms with Gasteiger partial charge in [-0.05, 0) is 47.5 Å². The van der Waals surface area contributed by atoms with Gasteiger partial charge in [-0.25, -0.2) is 0 Å². The topological polar surface area (TPSA) is 123 Å². The molecule has 1 amide bonds. The van der Waals surface area contributed by atoms with E-state index >= 15 is 0 Å². The summed E-state index contributed by atoms with van der Waals surface area (Å²) in [6, 6.07) is 21.6. The molecule has 1 fully saturated rings. The zero-order valence-corrected chi connectivity index (χ0v) is 21.0. The second kappa shape index (κ2) is 12.1. The molecule has 0 aromatic heterocycles. The summed E-state index contributed by atoms with van der Waals surface area (Å²) in [5, 5.41) is 29.5. The van der Waals surface area contributed by atoms with Crippen LogP contribution in [-0.4, -0.2) is 60.4 Å². The van der Waals surface area contributed by atoms with E-state index in [1.54, 1.807) is 42.5 Å². The van der Waals surface area contributed by atoms with Crippen molar-refractivity contribution in [2.45, 2.75) is 12.1 Å². The zero-order valence-electron chi connectivity index (χ0n) is 20.3. The number of carbonyl (C=O) groups excluding carboxylic acids is 1. The highest BCUT2D eigenvalue weighted by molar-refractivity contribution is 6.33. The van der Waals surface area contributed by atoms with Crippen molar-refractivity contribution < 1.29 is 19.7 Å². The summed E-state index contributed by atoms with van der Waals surface area (Å²) in [5.74, 6) is 0.0927. The Hall–Kier alpha value is -3.61. The minimum atomic E-state index is -0.705. The van der Waals surface area contributed by atoms with E-state index in [0.29, 0.717) is 48.1 Å². The molecule has 9 heteroatoms. The van der Waals surface area contributed by atoms with Gasteiger partial charge in [0.25, 0.3) is 0 Å². The van der Waals surface area contributed by atoms with Crippen LogP contribution in [0.1, 0.15) is 39.2 Å². The summed E-state index contributed by atoms with van der Waals surface area (Å²) < 4.78 is 5.49. The number of nitrogens with two attached hydrogens (primary N) is 1. The van der Waals surface area contributed by atoms with Gasteiger partial charge in [0.1, 0.15) is 12.4 Å². The summed E-state index contributed by atoms with van der Waals surface area (Å²) in [4.78, 5) is 16.0. The van der Waals surface area contributed by atoms with Crippen LogP contribution in [0.15, 0.2) is 66.7 Å². The van der Waals surface area contributed by atoms with Crippen molar-refractivity contribution in [1.82, 2.24) is 4.90 Å². The molecule has 1 aliphatic heterocycles. The molecule has 4 rings (SSSR count). The van der Waals surface area contributed by atoms with Gasteiger partial charge in [0.15, 0.2) is 0 Å². The molecule has 0 aliphatic carbocycles. The molecule has 1 aliphatic rings. The number of carbonyl (C=O) groups is 1. The predicted molar refractivity (Wildman–Crippen MR) is 142 cm³/mol. The van der Waals surface area contributed by atoms with Gasteiger partial charge in [0.05, 0.1) is 41.1 Å². The Kier molecular flexibility index (Phi) is 8.64. The minimum absolute atomic E-state index is 0.0843. The molecule has 1 saturated heterocycles. The number of benzene rings is 3. The van der Waals surface area contributed by atoms with Crippen molar-refractivity contribution in [3.05, 3.63) is 94.0 Å². The van der Waals surface area contributed by atoms with E-state index in [0.717, 1.165) is 16.8 Å². The fourth-order valence-corrected chi connectivity index (χ4v) is 4.83. The van der Waals surface area contributed by atoms with Gasteiger partial charge in [-0.1, -0.05) is 35.9 Å². The number of halogens is 1. The quantitative estimate of drug-likeness (QED) is 0.395. The number of hydrogen-bond donors (Lipinski definition) is 3. The number of nitriles is 1. The van der Waals surface area contributed by atoms with Crippen molar-refractivity contribution in [3.63, 3.8) is 0 Å². The third-order valence-corrected chi connectivity index (χ3v) is 6.79. The first-order valence-corrected chi connectivity index (χ1v) is 12.4. The average Bonchev–Trinajstić information content (AvgIpc) is 2.92. The van der Waals surface area contributed by atoms with Crippen LogP contribution in [-0.2, 0) is 0 Å². The molecule has 192 valence electrons. The lowest BCUT2D eigenvalue weighted by Crippen LogP contribution is -2.49. The first-order chi connectivity index (χ1) is 17.9. The number of aliphatic hydroxyl groups excluding tert-OH is 2. The van der Waals surface area contributed by atoms with E-state index in [2.05, 4.69) is 15.9 Å². The van der Waals surface area contributed by atoms with Crippen LogP contribution in [0, 0.1) is 11.3 Å². The molecule has 0 spiro atoms. The standard InChI is InChI=1S/C28H29ClN4O4/c29-24-15-23(37-14-13-34)9-10-25(24)33-12-11-32(18-27(35)21-3-1-19(16-30)2-4-21)17-26(33)20-5-7-22(8-6-20)28(31)36/h1-10,15,26-27,34-35H,11-14,17-18H2,(H2,31,36)/t26-,27+/m0/s1. The number of amides is 1. The van der Waals surface area contributed by atoms with Crippen molar-refractivity contribution in [1.29, 1.82) is 5.26 Å². The Morgan fingerprint density at radius 3 is 2.49 bits per heavy atom.